The number of amides is 1. The van der Waals surface area contributed by atoms with Crippen molar-refractivity contribution in [2.24, 2.45) is 16.7 Å². The van der Waals surface area contributed by atoms with Gasteiger partial charge in [0.2, 0.25) is 5.91 Å². The van der Waals surface area contributed by atoms with E-state index in [1.807, 2.05) is 0 Å². The van der Waals surface area contributed by atoms with Crippen molar-refractivity contribution < 1.29 is 18.0 Å². The van der Waals surface area contributed by atoms with Crippen LogP contribution < -0.4 is 11.3 Å². The number of rotatable bonds is 4. The first-order valence-electron chi connectivity index (χ1n) is 4.31. The lowest BCUT2D eigenvalue weighted by molar-refractivity contribution is -0.167. The van der Waals surface area contributed by atoms with Crippen molar-refractivity contribution in [2.75, 3.05) is 20.0 Å². The van der Waals surface area contributed by atoms with Gasteiger partial charge in [0.15, 0.2) is 0 Å². The van der Waals surface area contributed by atoms with Crippen LogP contribution in [0.5, 0.6) is 0 Å². The van der Waals surface area contributed by atoms with E-state index in [4.69, 9.17) is 5.84 Å². The van der Waals surface area contributed by atoms with E-state index in [0.717, 1.165) is 0 Å². The van der Waals surface area contributed by atoms with Gasteiger partial charge >= 0.3 is 0 Å². The zero-order valence-corrected chi connectivity index (χ0v) is 7.66. The van der Waals surface area contributed by atoms with E-state index in [2.05, 4.69) is 0 Å². The van der Waals surface area contributed by atoms with E-state index in [0.29, 0.717) is 0 Å². The van der Waals surface area contributed by atoms with Crippen LogP contribution in [0.25, 0.3) is 0 Å². The molecule has 6 heteroatoms. The van der Waals surface area contributed by atoms with Crippen LogP contribution in [0, 0.1) is 10.8 Å². The average molecular weight is 210 g/mol. The summed E-state index contributed by atoms with van der Waals surface area (Å²) in [5, 5.41) is 0. The van der Waals surface area contributed by atoms with Crippen LogP contribution in [0.2, 0.25) is 0 Å². The molecule has 0 radical (unpaired) electrons. The van der Waals surface area contributed by atoms with Gasteiger partial charge < -0.3 is 0 Å². The lowest BCUT2D eigenvalue weighted by Crippen LogP contribution is -2.64. The minimum absolute atomic E-state index is 0.139. The summed E-state index contributed by atoms with van der Waals surface area (Å²) in [6.45, 7) is -3.16. The predicted molar refractivity (Wildman–Crippen MR) is 44.4 cm³/mol. The third-order valence-electron chi connectivity index (χ3n) is 3.35. The second kappa shape index (κ2) is 3.76. The summed E-state index contributed by atoms with van der Waals surface area (Å²) in [5.41, 5.74) is -1.34. The number of halogens is 3. The minimum atomic E-state index is -1.61. The Balaban J connectivity index is 2.95. The zero-order valence-electron chi connectivity index (χ0n) is 7.66. The van der Waals surface area contributed by atoms with Gasteiger partial charge in [0.25, 0.3) is 0 Å². The second-order valence-corrected chi connectivity index (χ2v) is 3.74. The molecule has 1 amide bonds. The predicted octanol–water partition coefficient (Wildman–Crippen LogP) is 0.651. The van der Waals surface area contributed by atoms with E-state index in [9.17, 15) is 18.0 Å². The van der Waals surface area contributed by atoms with E-state index in [1.165, 1.54) is 0 Å². The Morgan fingerprint density at radius 3 is 2.00 bits per heavy atom. The molecule has 3 N–H and O–H groups in total. The SMILES string of the molecule is NNC(=O)C1(CF)CCC1(CF)CF. The average Bonchev–Trinajstić information content (AvgIpc) is 2.20. The number of hydrogen-bond donors (Lipinski definition) is 2. The smallest absolute Gasteiger partial charge is 0.243 e. The van der Waals surface area contributed by atoms with Crippen molar-refractivity contribution in [1.82, 2.24) is 5.43 Å². The van der Waals surface area contributed by atoms with Crippen LogP contribution in [-0.4, -0.2) is 25.9 Å². The molecule has 1 saturated carbocycles. The van der Waals surface area contributed by atoms with E-state index >= 15 is 0 Å². The highest BCUT2D eigenvalue weighted by Gasteiger charge is 2.64. The van der Waals surface area contributed by atoms with Crippen molar-refractivity contribution in [2.45, 2.75) is 12.8 Å². The first kappa shape index (κ1) is 11.3. The Kier molecular flexibility index (Phi) is 3.04. The molecule has 1 aliphatic carbocycles. The maximum absolute atomic E-state index is 12.8. The van der Waals surface area contributed by atoms with Crippen molar-refractivity contribution in [3.63, 3.8) is 0 Å². The van der Waals surface area contributed by atoms with Crippen LogP contribution in [0.15, 0.2) is 0 Å². The molecule has 1 atom stereocenters. The summed E-state index contributed by atoms with van der Waals surface area (Å²) in [4.78, 5) is 11.3. The van der Waals surface area contributed by atoms with E-state index in [1.54, 1.807) is 5.43 Å². The maximum atomic E-state index is 12.8. The summed E-state index contributed by atoms with van der Waals surface area (Å²) in [6, 6.07) is 0. The van der Waals surface area contributed by atoms with Crippen molar-refractivity contribution in [3.8, 4) is 0 Å². The van der Waals surface area contributed by atoms with Gasteiger partial charge in [0.05, 0.1) is 18.8 Å². The van der Waals surface area contributed by atoms with E-state index < -0.39 is 36.8 Å². The fourth-order valence-electron chi connectivity index (χ4n) is 1.97. The molecule has 0 aromatic heterocycles. The number of carbonyl (C=O) groups excluding carboxylic acids is 1. The lowest BCUT2D eigenvalue weighted by Gasteiger charge is -2.53. The van der Waals surface area contributed by atoms with Gasteiger partial charge in [-0.15, -0.1) is 0 Å². The number of hydrogen-bond acceptors (Lipinski definition) is 2. The molecule has 3 nitrogen and oxygen atoms in total. The first-order valence-corrected chi connectivity index (χ1v) is 4.31. The van der Waals surface area contributed by atoms with Crippen molar-refractivity contribution >= 4 is 5.91 Å². The molecule has 1 rings (SSSR count). The van der Waals surface area contributed by atoms with Gasteiger partial charge in [0.1, 0.15) is 6.67 Å². The molecule has 1 unspecified atom stereocenters. The molecule has 1 fully saturated rings. The summed E-state index contributed by atoms with van der Waals surface area (Å²) >= 11 is 0. The fourth-order valence-corrected chi connectivity index (χ4v) is 1.97. The zero-order chi connectivity index (χ0) is 10.8. The third kappa shape index (κ3) is 1.13. The summed E-state index contributed by atoms with van der Waals surface area (Å²) in [7, 11) is 0. The minimum Gasteiger partial charge on any atom is -0.294 e. The topological polar surface area (TPSA) is 55.1 Å². The Labute approximate surface area is 79.8 Å². The Hall–Kier alpha value is -0.780. The second-order valence-electron chi connectivity index (χ2n) is 3.74. The van der Waals surface area contributed by atoms with E-state index in [-0.39, 0.29) is 12.8 Å². The van der Waals surface area contributed by atoms with Gasteiger partial charge in [-0.1, -0.05) is 0 Å². The van der Waals surface area contributed by atoms with Gasteiger partial charge in [0, 0.05) is 5.41 Å². The molecule has 0 spiro atoms. The highest BCUT2D eigenvalue weighted by atomic mass is 19.1. The van der Waals surface area contributed by atoms with Gasteiger partial charge in [-0.05, 0) is 12.8 Å². The summed E-state index contributed by atoms with van der Waals surface area (Å²) in [5.74, 6) is 4.04. The molecule has 0 bridgehead atoms. The number of hydrazine groups is 1. The Bertz CT molecular complexity index is 223. The number of alkyl halides is 3. The van der Waals surface area contributed by atoms with Crippen LogP contribution >= 0.6 is 0 Å². The third-order valence-corrected chi connectivity index (χ3v) is 3.35. The molecule has 1 aliphatic rings. The Morgan fingerprint density at radius 1 is 1.21 bits per heavy atom. The van der Waals surface area contributed by atoms with Gasteiger partial charge in [-0.2, -0.15) is 0 Å². The summed E-state index contributed by atoms with van der Waals surface area (Å²) in [6.07, 6.45) is 0.317. The molecule has 82 valence electrons. The number of nitrogens with one attached hydrogen (secondary N) is 1. The molecule has 14 heavy (non-hydrogen) atoms. The highest BCUT2D eigenvalue weighted by molar-refractivity contribution is 5.84. The van der Waals surface area contributed by atoms with Crippen LogP contribution in [0.1, 0.15) is 12.8 Å². The highest BCUT2D eigenvalue weighted by Crippen LogP contribution is 2.57. The fraction of sp³-hybridized carbons (Fsp3) is 0.875. The monoisotopic (exact) mass is 210 g/mol. The van der Waals surface area contributed by atoms with Crippen LogP contribution in [-0.2, 0) is 4.79 Å². The van der Waals surface area contributed by atoms with Crippen molar-refractivity contribution in [3.05, 3.63) is 0 Å². The number of nitrogens with two attached hydrogens (primary N) is 1. The van der Waals surface area contributed by atoms with Gasteiger partial charge in [-0.25, -0.2) is 10.2 Å². The number of carbonyl (C=O) groups is 1. The van der Waals surface area contributed by atoms with Crippen molar-refractivity contribution in [1.29, 1.82) is 0 Å². The lowest BCUT2D eigenvalue weighted by atomic mass is 9.50. The molecular weight excluding hydrogens is 197 g/mol. The quantitative estimate of drug-likeness (QED) is 0.406. The molecule has 0 heterocycles. The normalized spacial score (nSPS) is 29.4. The largest absolute Gasteiger partial charge is 0.294 e. The molecular formula is C8H13F3N2O. The molecule has 0 aliphatic heterocycles. The van der Waals surface area contributed by atoms with Gasteiger partial charge in [-0.3, -0.25) is 19.0 Å². The molecule has 0 saturated heterocycles. The molecule has 0 aromatic rings. The summed E-state index contributed by atoms with van der Waals surface area (Å²) < 4.78 is 38.0. The van der Waals surface area contributed by atoms with Crippen LogP contribution in [0.3, 0.4) is 0 Å². The van der Waals surface area contributed by atoms with Crippen LogP contribution in [0.4, 0.5) is 13.2 Å². The molecule has 0 aromatic carbocycles. The Morgan fingerprint density at radius 2 is 1.79 bits per heavy atom. The standard InChI is InChI=1S/C8H13F3N2O/c9-3-7(4-10)1-2-8(7,5-11)6(14)13-12/h1-5,12H2,(H,13,14). The first-order chi connectivity index (χ1) is 6.62. The maximum Gasteiger partial charge on any atom is 0.243 e.